The molecule has 0 saturated carbocycles. The summed E-state index contributed by atoms with van der Waals surface area (Å²) in [5, 5.41) is 5.24. The third-order valence-electron chi connectivity index (χ3n) is 7.08. The van der Waals surface area contributed by atoms with E-state index in [1.807, 2.05) is 17.5 Å². The summed E-state index contributed by atoms with van der Waals surface area (Å²) in [5.41, 5.74) is 7.58. The molecule has 0 N–H and O–H groups in total. The normalized spacial score (nSPS) is 14.2. The summed E-state index contributed by atoms with van der Waals surface area (Å²) < 4.78 is 2.67. The van der Waals surface area contributed by atoms with Gasteiger partial charge < -0.3 is 0 Å². The van der Waals surface area contributed by atoms with Crippen LogP contribution < -0.4 is 0 Å². The molecule has 7 rings (SSSR count). The highest BCUT2D eigenvalue weighted by molar-refractivity contribution is 7.25. The Kier molecular flexibility index (Phi) is 3.55. The Morgan fingerprint density at radius 2 is 1.44 bits per heavy atom. The molecule has 4 aromatic carbocycles. The summed E-state index contributed by atoms with van der Waals surface area (Å²) in [5.74, 6) is 0. The van der Waals surface area contributed by atoms with Crippen molar-refractivity contribution in [3.8, 4) is 22.4 Å². The second kappa shape index (κ2) is 6.27. The number of hydrogen-bond donors (Lipinski definition) is 0. The van der Waals surface area contributed by atoms with Crippen LogP contribution in [0, 0.1) is 0 Å². The Bertz CT molecular complexity index is 1700. The van der Waals surface area contributed by atoms with Crippen LogP contribution in [0.4, 0.5) is 0 Å². The molecule has 0 radical (unpaired) electrons. The highest BCUT2D eigenvalue weighted by Gasteiger charge is 2.38. The fourth-order valence-electron chi connectivity index (χ4n) is 5.53. The maximum absolute atomic E-state index is 4.94. The van der Waals surface area contributed by atoms with Crippen LogP contribution in [0.5, 0.6) is 0 Å². The van der Waals surface area contributed by atoms with Gasteiger partial charge in [-0.1, -0.05) is 62.4 Å². The number of benzene rings is 4. The van der Waals surface area contributed by atoms with E-state index in [-0.39, 0.29) is 5.41 Å². The Balaban J connectivity index is 1.51. The fraction of sp³-hybridized carbons (Fsp3) is 0.100. The second-order valence-corrected chi connectivity index (χ2v) is 10.3. The van der Waals surface area contributed by atoms with E-state index in [1.165, 1.54) is 58.8 Å². The van der Waals surface area contributed by atoms with E-state index >= 15 is 0 Å². The zero-order valence-corrected chi connectivity index (χ0v) is 18.8. The Morgan fingerprint density at radius 3 is 2.31 bits per heavy atom. The van der Waals surface area contributed by atoms with Gasteiger partial charge in [-0.2, -0.15) is 0 Å². The van der Waals surface area contributed by atoms with Crippen molar-refractivity contribution in [2.45, 2.75) is 19.3 Å². The molecule has 32 heavy (non-hydrogen) atoms. The molecule has 1 nitrogen and oxygen atoms in total. The summed E-state index contributed by atoms with van der Waals surface area (Å²) in [4.78, 5) is 4.94. The van der Waals surface area contributed by atoms with Gasteiger partial charge in [0.2, 0.25) is 0 Å². The maximum atomic E-state index is 4.94. The van der Waals surface area contributed by atoms with Gasteiger partial charge in [-0.05, 0) is 69.4 Å². The Morgan fingerprint density at radius 1 is 0.688 bits per heavy atom. The van der Waals surface area contributed by atoms with E-state index in [0.717, 1.165) is 5.69 Å². The molecule has 1 aliphatic rings. The second-order valence-electron chi connectivity index (χ2n) is 9.26. The van der Waals surface area contributed by atoms with E-state index in [9.17, 15) is 0 Å². The first kappa shape index (κ1) is 18.1. The van der Waals surface area contributed by atoms with Crippen molar-refractivity contribution in [1.82, 2.24) is 4.98 Å². The lowest BCUT2D eigenvalue weighted by atomic mass is 9.80. The first-order valence-electron chi connectivity index (χ1n) is 11.1. The van der Waals surface area contributed by atoms with Gasteiger partial charge in [0, 0.05) is 37.3 Å². The summed E-state index contributed by atoms with van der Waals surface area (Å²) in [6, 6.07) is 31.1. The lowest BCUT2D eigenvalue weighted by molar-refractivity contribution is 0.660. The molecule has 2 heterocycles. The molecule has 0 bridgehead atoms. The van der Waals surface area contributed by atoms with Gasteiger partial charge in [0.15, 0.2) is 0 Å². The molecule has 0 atom stereocenters. The van der Waals surface area contributed by atoms with Gasteiger partial charge in [-0.15, -0.1) is 11.3 Å². The topological polar surface area (TPSA) is 12.9 Å². The predicted octanol–water partition coefficient (Wildman–Crippen LogP) is 8.58. The molecule has 0 spiro atoms. The smallest absolute Gasteiger partial charge is 0.0749 e. The molecule has 152 valence electrons. The Labute approximate surface area is 191 Å². The minimum atomic E-state index is -0.107. The third-order valence-corrected chi connectivity index (χ3v) is 8.23. The standard InChI is InChI=1S/C30H21NS/c1-30(2)25-17-19-8-4-3-7-18(19)15-23(25)22-13-14-31-29(28(22)30)20-11-12-27-24(16-20)21-9-5-6-10-26(21)32-27/h3-17H,1-2H3. The first-order valence-corrected chi connectivity index (χ1v) is 11.9. The monoisotopic (exact) mass is 427 g/mol. The van der Waals surface area contributed by atoms with Crippen molar-refractivity contribution < 1.29 is 0 Å². The van der Waals surface area contributed by atoms with Crippen LogP contribution >= 0.6 is 11.3 Å². The molecule has 1 aliphatic carbocycles. The largest absolute Gasteiger partial charge is 0.256 e. The van der Waals surface area contributed by atoms with Gasteiger partial charge in [0.05, 0.1) is 5.69 Å². The molecule has 0 amide bonds. The highest BCUT2D eigenvalue weighted by Crippen LogP contribution is 2.52. The number of pyridine rings is 1. The molecule has 0 fully saturated rings. The number of hydrogen-bond acceptors (Lipinski definition) is 2. The molecule has 0 saturated heterocycles. The summed E-state index contributed by atoms with van der Waals surface area (Å²) in [6.07, 6.45) is 1.98. The van der Waals surface area contributed by atoms with Gasteiger partial charge in [-0.3, -0.25) is 4.98 Å². The van der Waals surface area contributed by atoms with Gasteiger partial charge >= 0.3 is 0 Å². The van der Waals surface area contributed by atoms with Gasteiger partial charge in [0.25, 0.3) is 0 Å². The minimum absolute atomic E-state index is 0.107. The molecule has 6 aromatic rings. The van der Waals surface area contributed by atoms with Gasteiger partial charge in [0.1, 0.15) is 0 Å². The van der Waals surface area contributed by atoms with Crippen LogP contribution in [-0.2, 0) is 5.41 Å². The average molecular weight is 428 g/mol. The lowest BCUT2D eigenvalue weighted by Gasteiger charge is -2.24. The van der Waals surface area contributed by atoms with Crippen LogP contribution in [-0.4, -0.2) is 4.98 Å². The van der Waals surface area contributed by atoms with Crippen molar-refractivity contribution in [3.63, 3.8) is 0 Å². The van der Waals surface area contributed by atoms with Gasteiger partial charge in [-0.25, -0.2) is 0 Å². The predicted molar refractivity (Wildman–Crippen MR) is 138 cm³/mol. The van der Waals surface area contributed by atoms with E-state index in [2.05, 4.69) is 98.8 Å². The summed E-state index contributed by atoms with van der Waals surface area (Å²) >= 11 is 1.86. The number of aromatic nitrogens is 1. The van der Waals surface area contributed by atoms with Crippen LogP contribution in [0.1, 0.15) is 25.0 Å². The summed E-state index contributed by atoms with van der Waals surface area (Å²) in [7, 11) is 0. The molecule has 2 aromatic heterocycles. The molecular weight excluding hydrogens is 406 g/mol. The quantitative estimate of drug-likeness (QED) is 0.256. The van der Waals surface area contributed by atoms with Crippen LogP contribution in [0.3, 0.4) is 0 Å². The van der Waals surface area contributed by atoms with E-state index in [4.69, 9.17) is 4.98 Å². The third kappa shape index (κ3) is 2.36. The number of rotatable bonds is 1. The maximum Gasteiger partial charge on any atom is 0.0749 e. The fourth-order valence-corrected chi connectivity index (χ4v) is 6.61. The van der Waals surface area contributed by atoms with E-state index < -0.39 is 0 Å². The molecule has 0 unspecified atom stereocenters. The Hall–Kier alpha value is -3.49. The van der Waals surface area contributed by atoms with E-state index in [0.29, 0.717) is 0 Å². The highest BCUT2D eigenvalue weighted by atomic mass is 32.1. The number of thiophene rings is 1. The number of nitrogens with zero attached hydrogens (tertiary/aromatic N) is 1. The lowest BCUT2D eigenvalue weighted by Crippen LogP contribution is -2.16. The zero-order chi connectivity index (χ0) is 21.4. The van der Waals surface area contributed by atoms with Crippen LogP contribution in [0.25, 0.3) is 53.3 Å². The SMILES string of the molecule is CC1(C)c2cc3ccccc3cc2-c2ccnc(-c3ccc4sc5ccccc5c4c3)c21. The van der Waals surface area contributed by atoms with Crippen molar-refractivity contribution in [2.24, 2.45) is 0 Å². The van der Waals surface area contributed by atoms with Crippen molar-refractivity contribution in [2.75, 3.05) is 0 Å². The van der Waals surface area contributed by atoms with Crippen LogP contribution in [0.15, 0.2) is 91.1 Å². The van der Waals surface area contributed by atoms with Crippen molar-refractivity contribution in [1.29, 1.82) is 0 Å². The molecule has 2 heteroatoms. The van der Waals surface area contributed by atoms with Crippen LogP contribution in [0.2, 0.25) is 0 Å². The first-order chi connectivity index (χ1) is 15.6. The molecular formula is C30H21NS. The zero-order valence-electron chi connectivity index (χ0n) is 18.0. The van der Waals surface area contributed by atoms with E-state index in [1.54, 1.807) is 0 Å². The number of fused-ring (bicyclic) bond motifs is 7. The van der Waals surface area contributed by atoms with Crippen molar-refractivity contribution in [3.05, 3.63) is 102 Å². The van der Waals surface area contributed by atoms with Crippen molar-refractivity contribution >= 4 is 42.3 Å². The minimum Gasteiger partial charge on any atom is -0.256 e. The summed E-state index contributed by atoms with van der Waals surface area (Å²) in [6.45, 7) is 4.69. The average Bonchev–Trinajstić information content (AvgIpc) is 3.30. The molecule has 0 aliphatic heterocycles.